The lowest BCUT2D eigenvalue weighted by Crippen LogP contribution is -2.00. The van der Waals surface area contributed by atoms with Crippen molar-refractivity contribution in [2.45, 2.75) is 26.8 Å². The smallest absolute Gasteiger partial charge is 0.0788 e. The van der Waals surface area contributed by atoms with E-state index in [4.69, 9.17) is 10.7 Å². The second kappa shape index (κ2) is 7.91. The monoisotopic (exact) mass is 367 g/mol. The lowest BCUT2D eigenvalue weighted by atomic mass is 9.95. The van der Waals surface area contributed by atoms with E-state index in [1.807, 2.05) is 18.3 Å². The van der Waals surface area contributed by atoms with E-state index >= 15 is 0 Å². The van der Waals surface area contributed by atoms with Crippen molar-refractivity contribution in [2.75, 3.05) is 0 Å². The zero-order valence-corrected chi connectivity index (χ0v) is 16.4. The van der Waals surface area contributed by atoms with Crippen LogP contribution in [0.2, 0.25) is 0 Å². The van der Waals surface area contributed by atoms with Crippen LogP contribution in [0, 0.1) is 5.92 Å². The molecule has 2 aromatic carbocycles. The number of rotatable bonds is 5. The number of nitrogens with zero attached hydrogens (tertiary/aromatic N) is 2. The highest BCUT2D eigenvalue weighted by Crippen LogP contribution is 2.34. The average molecular weight is 367 g/mol. The zero-order valence-electron chi connectivity index (χ0n) is 16.4. The van der Waals surface area contributed by atoms with Crippen LogP contribution in [-0.4, -0.2) is 9.97 Å². The van der Waals surface area contributed by atoms with Gasteiger partial charge >= 0.3 is 0 Å². The molecule has 3 heteroatoms. The molecule has 0 saturated heterocycles. The number of pyridine rings is 2. The minimum atomic E-state index is 0.543. The van der Waals surface area contributed by atoms with Crippen LogP contribution in [0.3, 0.4) is 0 Å². The second-order valence-electron chi connectivity index (χ2n) is 7.57. The molecule has 0 fully saturated rings. The van der Waals surface area contributed by atoms with Gasteiger partial charge in [0.1, 0.15) is 0 Å². The molecular formula is C25H25N3. The van der Waals surface area contributed by atoms with Gasteiger partial charge in [0.05, 0.1) is 11.2 Å². The highest BCUT2D eigenvalue weighted by Gasteiger charge is 2.14. The molecule has 140 valence electrons. The molecule has 0 spiro atoms. The highest BCUT2D eigenvalue weighted by molar-refractivity contribution is 5.92. The number of fused-ring (bicyclic) bond motifs is 1. The SMILES string of the molecule is CC(C)Cc1nccc2nc(-c3ccc(CN)cc3)c(-c3ccccc3)cc12. The summed E-state index contributed by atoms with van der Waals surface area (Å²) in [5, 5.41) is 1.14. The molecule has 0 bridgehead atoms. The first-order chi connectivity index (χ1) is 13.7. The number of hydrogen-bond acceptors (Lipinski definition) is 3. The van der Waals surface area contributed by atoms with Crippen LogP contribution in [0.15, 0.2) is 72.9 Å². The second-order valence-corrected chi connectivity index (χ2v) is 7.57. The summed E-state index contributed by atoms with van der Waals surface area (Å²) in [6.07, 6.45) is 2.81. The van der Waals surface area contributed by atoms with Crippen LogP contribution >= 0.6 is 0 Å². The van der Waals surface area contributed by atoms with Crippen LogP contribution in [0.4, 0.5) is 0 Å². The fourth-order valence-electron chi connectivity index (χ4n) is 3.56. The van der Waals surface area contributed by atoms with E-state index in [-0.39, 0.29) is 0 Å². The van der Waals surface area contributed by atoms with E-state index in [9.17, 15) is 0 Å². The molecule has 0 saturated carbocycles. The Balaban J connectivity index is 1.96. The van der Waals surface area contributed by atoms with E-state index < -0.39 is 0 Å². The summed E-state index contributed by atoms with van der Waals surface area (Å²) in [5.41, 5.74) is 13.4. The van der Waals surface area contributed by atoms with Gasteiger partial charge in [0.2, 0.25) is 0 Å². The van der Waals surface area contributed by atoms with Crippen LogP contribution in [0.25, 0.3) is 33.3 Å². The van der Waals surface area contributed by atoms with Crippen molar-refractivity contribution < 1.29 is 0 Å². The number of benzene rings is 2. The highest BCUT2D eigenvalue weighted by atomic mass is 14.7. The largest absolute Gasteiger partial charge is 0.326 e. The van der Waals surface area contributed by atoms with Gasteiger partial charge < -0.3 is 5.73 Å². The summed E-state index contributed by atoms with van der Waals surface area (Å²) in [7, 11) is 0. The van der Waals surface area contributed by atoms with Gasteiger partial charge in [0.25, 0.3) is 0 Å². The third kappa shape index (κ3) is 3.67. The summed E-state index contributed by atoms with van der Waals surface area (Å²) in [4.78, 5) is 9.73. The average Bonchev–Trinajstić information content (AvgIpc) is 2.73. The zero-order chi connectivity index (χ0) is 19.5. The van der Waals surface area contributed by atoms with Gasteiger partial charge in [-0.3, -0.25) is 4.98 Å². The molecule has 0 amide bonds. The Morgan fingerprint density at radius 3 is 2.32 bits per heavy atom. The Morgan fingerprint density at radius 2 is 1.64 bits per heavy atom. The predicted molar refractivity (Wildman–Crippen MR) is 117 cm³/mol. The molecular weight excluding hydrogens is 342 g/mol. The van der Waals surface area contributed by atoms with Crippen molar-refractivity contribution in [2.24, 2.45) is 11.7 Å². The van der Waals surface area contributed by atoms with E-state index in [2.05, 4.69) is 73.4 Å². The normalized spacial score (nSPS) is 11.3. The van der Waals surface area contributed by atoms with Gasteiger partial charge in [-0.05, 0) is 35.6 Å². The summed E-state index contributed by atoms with van der Waals surface area (Å²) in [5.74, 6) is 0.543. The van der Waals surface area contributed by atoms with Crippen molar-refractivity contribution in [3.05, 3.63) is 84.2 Å². The van der Waals surface area contributed by atoms with Gasteiger partial charge in [0, 0.05) is 34.9 Å². The van der Waals surface area contributed by atoms with Crippen molar-refractivity contribution in [3.8, 4) is 22.4 Å². The Bertz CT molecular complexity index is 1080. The maximum absolute atomic E-state index is 5.77. The Labute approximate surface area is 166 Å². The van der Waals surface area contributed by atoms with Crippen LogP contribution in [-0.2, 0) is 13.0 Å². The van der Waals surface area contributed by atoms with E-state index in [0.29, 0.717) is 12.5 Å². The first-order valence-corrected chi connectivity index (χ1v) is 9.79. The van der Waals surface area contributed by atoms with Crippen molar-refractivity contribution in [1.82, 2.24) is 9.97 Å². The standard InChI is InChI=1S/C25H25N3/c1-17(2)14-24-22-15-21(19-6-4-3-5-7-19)25(28-23(22)12-13-27-24)20-10-8-18(16-26)9-11-20/h3-13,15,17H,14,16,26H2,1-2H3. The van der Waals surface area contributed by atoms with Crippen molar-refractivity contribution in [1.29, 1.82) is 0 Å². The predicted octanol–water partition coefficient (Wildman–Crippen LogP) is 5.62. The fraction of sp³-hybridized carbons (Fsp3) is 0.200. The first-order valence-electron chi connectivity index (χ1n) is 9.79. The molecule has 0 atom stereocenters. The van der Waals surface area contributed by atoms with E-state index in [1.165, 1.54) is 0 Å². The minimum Gasteiger partial charge on any atom is -0.326 e. The van der Waals surface area contributed by atoms with E-state index in [1.54, 1.807) is 0 Å². The van der Waals surface area contributed by atoms with Crippen molar-refractivity contribution >= 4 is 10.9 Å². The van der Waals surface area contributed by atoms with Gasteiger partial charge in [-0.25, -0.2) is 4.98 Å². The van der Waals surface area contributed by atoms with Gasteiger partial charge in [-0.2, -0.15) is 0 Å². The number of aromatic nitrogens is 2. The molecule has 2 N–H and O–H groups in total. The van der Waals surface area contributed by atoms with Crippen LogP contribution in [0.1, 0.15) is 25.1 Å². The summed E-state index contributed by atoms with van der Waals surface area (Å²) < 4.78 is 0. The van der Waals surface area contributed by atoms with Gasteiger partial charge in [-0.1, -0.05) is 68.4 Å². The lowest BCUT2D eigenvalue weighted by Gasteiger charge is -2.14. The number of nitrogens with two attached hydrogens (primary N) is 1. The van der Waals surface area contributed by atoms with Crippen LogP contribution in [0.5, 0.6) is 0 Å². The summed E-state index contributed by atoms with van der Waals surface area (Å²) >= 11 is 0. The van der Waals surface area contributed by atoms with E-state index in [0.717, 1.165) is 51.0 Å². The minimum absolute atomic E-state index is 0.543. The maximum atomic E-state index is 5.77. The molecule has 2 aromatic heterocycles. The third-order valence-electron chi connectivity index (χ3n) is 4.98. The topological polar surface area (TPSA) is 51.8 Å². The quantitative estimate of drug-likeness (QED) is 0.498. The molecule has 4 aromatic rings. The summed E-state index contributed by atoms with van der Waals surface area (Å²) in [6, 6.07) is 23.1. The lowest BCUT2D eigenvalue weighted by molar-refractivity contribution is 0.639. The maximum Gasteiger partial charge on any atom is 0.0788 e. The Hall–Kier alpha value is -3.04. The van der Waals surface area contributed by atoms with Gasteiger partial charge in [-0.15, -0.1) is 0 Å². The molecule has 0 aliphatic rings. The van der Waals surface area contributed by atoms with Crippen LogP contribution < -0.4 is 5.73 Å². The molecule has 3 nitrogen and oxygen atoms in total. The number of hydrogen-bond donors (Lipinski definition) is 1. The molecule has 0 aliphatic carbocycles. The molecule has 2 heterocycles. The Kier molecular flexibility index (Phi) is 5.18. The van der Waals surface area contributed by atoms with Gasteiger partial charge in [0.15, 0.2) is 0 Å². The molecule has 28 heavy (non-hydrogen) atoms. The molecule has 0 radical (unpaired) electrons. The molecule has 4 rings (SSSR count). The fourth-order valence-corrected chi connectivity index (χ4v) is 3.56. The third-order valence-corrected chi connectivity index (χ3v) is 4.98. The molecule has 0 unspecified atom stereocenters. The molecule has 0 aliphatic heterocycles. The first kappa shape index (κ1) is 18.3. The Morgan fingerprint density at radius 1 is 0.893 bits per heavy atom. The van der Waals surface area contributed by atoms with Crippen molar-refractivity contribution in [3.63, 3.8) is 0 Å². The summed E-state index contributed by atoms with van der Waals surface area (Å²) in [6.45, 7) is 4.99.